The summed E-state index contributed by atoms with van der Waals surface area (Å²) in [6.45, 7) is -1.07. The zero-order valence-corrected chi connectivity index (χ0v) is 12.2. The zero-order chi connectivity index (χ0) is 14.8. The summed E-state index contributed by atoms with van der Waals surface area (Å²) in [5.74, 6) is 0. The van der Waals surface area contributed by atoms with Gasteiger partial charge in [-0.25, -0.2) is 9.67 Å². The van der Waals surface area contributed by atoms with Gasteiger partial charge < -0.3 is 5.32 Å². The average Bonchev–Trinajstić information content (AvgIpc) is 2.86. The highest BCUT2D eigenvalue weighted by Gasteiger charge is 2.29. The van der Waals surface area contributed by atoms with E-state index in [9.17, 15) is 18.0 Å². The first kappa shape index (κ1) is 15.0. The van der Waals surface area contributed by atoms with Crippen molar-refractivity contribution in [2.24, 2.45) is 0 Å². The molecule has 2 heterocycles. The largest absolute Gasteiger partial charge is 0.408 e. The lowest BCUT2D eigenvalue weighted by Gasteiger charge is -2.11. The van der Waals surface area contributed by atoms with Crippen molar-refractivity contribution < 1.29 is 13.2 Å². The summed E-state index contributed by atoms with van der Waals surface area (Å²) in [6.07, 6.45) is -3.32. The number of nitrogens with zero attached hydrogens (tertiary/aromatic N) is 3. The normalized spacial score (nSPS) is 11.6. The minimum Gasteiger partial charge on any atom is -0.377 e. The molecule has 0 spiro atoms. The van der Waals surface area contributed by atoms with Crippen LogP contribution in [0.5, 0.6) is 0 Å². The third kappa shape index (κ3) is 3.79. The molecule has 0 radical (unpaired) electrons. The third-order valence-corrected chi connectivity index (χ3v) is 3.66. The fraction of sp³-hybridized carbons (Fsp3) is 0.300. The Labute approximate surface area is 123 Å². The predicted molar refractivity (Wildman–Crippen MR) is 71.7 cm³/mol. The van der Waals surface area contributed by atoms with Gasteiger partial charge in [-0.3, -0.25) is 4.79 Å². The molecule has 0 saturated heterocycles. The van der Waals surface area contributed by atoms with Gasteiger partial charge >= 0.3 is 6.18 Å². The maximum Gasteiger partial charge on any atom is 0.408 e. The number of rotatable bonds is 4. The van der Waals surface area contributed by atoms with Crippen molar-refractivity contribution in [3.05, 3.63) is 37.6 Å². The molecular formula is C10H8BrF3N4OS. The van der Waals surface area contributed by atoms with Crippen molar-refractivity contribution in [1.82, 2.24) is 14.8 Å². The van der Waals surface area contributed by atoms with Gasteiger partial charge in [-0.2, -0.15) is 18.3 Å². The number of halogens is 4. The van der Waals surface area contributed by atoms with Crippen LogP contribution in [0.1, 0.15) is 5.69 Å². The van der Waals surface area contributed by atoms with Crippen molar-refractivity contribution in [3.63, 3.8) is 0 Å². The molecule has 0 bridgehead atoms. The smallest absolute Gasteiger partial charge is 0.377 e. The molecule has 2 aromatic heterocycles. The summed E-state index contributed by atoms with van der Waals surface area (Å²) in [5.41, 5.74) is 1.90. The molecule has 0 fully saturated rings. The van der Waals surface area contributed by atoms with Gasteiger partial charge in [0.05, 0.1) is 29.6 Å². The number of alkyl halides is 3. The predicted octanol–water partition coefficient (Wildman–Crippen LogP) is 2.64. The second-order valence-electron chi connectivity index (χ2n) is 3.78. The third-order valence-electron chi connectivity index (χ3n) is 2.26. The average molecular weight is 369 g/mol. The monoisotopic (exact) mass is 368 g/mol. The van der Waals surface area contributed by atoms with E-state index in [0.29, 0.717) is 16.9 Å². The summed E-state index contributed by atoms with van der Waals surface area (Å²) in [6, 6.07) is 0. The number of anilines is 1. The van der Waals surface area contributed by atoms with Crippen LogP contribution in [-0.2, 0) is 13.1 Å². The van der Waals surface area contributed by atoms with E-state index in [0.717, 1.165) is 5.69 Å². The maximum absolute atomic E-state index is 12.2. The standard InChI is InChI=1S/C10H8BrF3N4OS/c11-8-7(15-1-6-3-20-5-16-6)2-17-18(9(8)19)4-10(12,13)14/h2-3,5,15H,1,4H2. The number of thiazole rings is 1. The fourth-order valence-corrected chi connectivity index (χ4v) is 2.39. The molecule has 1 N–H and O–H groups in total. The van der Waals surface area contributed by atoms with Crippen molar-refractivity contribution in [2.45, 2.75) is 19.3 Å². The Balaban J connectivity index is 2.16. The number of hydrogen-bond donors (Lipinski definition) is 1. The van der Waals surface area contributed by atoms with Crippen LogP contribution in [0.15, 0.2) is 26.4 Å². The van der Waals surface area contributed by atoms with Crippen LogP contribution in [0.3, 0.4) is 0 Å². The van der Waals surface area contributed by atoms with Gasteiger partial charge in [0.2, 0.25) is 0 Å². The summed E-state index contributed by atoms with van der Waals surface area (Å²) >= 11 is 4.40. The zero-order valence-electron chi connectivity index (χ0n) is 9.82. The van der Waals surface area contributed by atoms with Gasteiger partial charge in [-0.1, -0.05) is 0 Å². The summed E-state index contributed by atoms with van der Waals surface area (Å²) in [4.78, 5) is 15.8. The van der Waals surface area contributed by atoms with E-state index in [-0.39, 0.29) is 4.47 Å². The van der Waals surface area contributed by atoms with Gasteiger partial charge in [0.25, 0.3) is 5.56 Å². The Kier molecular flexibility index (Phi) is 4.43. The van der Waals surface area contributed by atoms with Crippen LogP contribution in [0.2, 0.25) is 0 Å². The quantitative estimate of drug-likeness (QED) is 0.900. The molecule has 2 rings (SSSR count). The molecule has 0 saturated carbocycles. The summed E-state index contributed by atoms with van der Waals surface area (Å²) < 4.78 is 37.1. The Morgan fingerprint density at radius 1 is 1.45 bits per heavy atom. The molecule has 0 atom stereocenters. The number of aromatic nitrogens is 3. The lowest BCUT2D eigenvalue weighted by Crippen LogP contribution is -2.31. The lowest BCUT2D eigenvalue weighted by atomic mass is 10.4. The number of nitrogens with one attached hydrogen (secondary N) is 1. The molecule has 0 unspecified atom stereocenters. The van der Waals surface area contributed by atoms with E-state index >= 15 is 0 Å². The Morgan fingerprint density at radius 3 is 2.80 bits per heavy atom. The van der Waals surface area contributed by atoms with Gasteiger partial charge in [0.15, 0.2) is 0 Å². The molecule has 0 aliphatic rings. The summed E-state index contributed by atoms with van der Waals surface area (Å²) in [5, 5.41) is 8.20. The molecule has 2 aromatic rings. The summed E-state index contributed by atoms with van der Waals surface area (Å²) in [7, 11) is 0. The maximum atomic E-state index is 12.2. The van der Waals surface area contributed by atoms with Crippen molar-refractivity contribution in [2.75, 3.05) is 5.32 Å². The number of hydrogen-bond acceptors (Lipinski definition) is 5. The Hall–Kier alpha value is -1.42. The van der Waals surface area contributed by atoms with E-state index < -0.39 is 18.3 Å². The molecule has 0 aliphatic heterocycles. The molecule has 20 heavy (non-hydrogen) atoms. The van der Waals surface area contributed by atoms with Crippen molar-refractivity contribution in [3.8, 4) is 0 Å². The van der Waals surface area contributed by atoms with Crippen molar-refractivity contribution >= 4 is 33.0 Å². The van der Waals surface area contributed by atoms with E-state index in [1.54, 1.807) is 5.51 Å². The first-order valence-electron chi connectivity index (χ1n) is 5.30. The van der Waals surface area contributed by atoms with Crippen LogP contribution in [0, 0.1) is 0 Å². The highest BCUT2D eigenvalue weighted by molar-refractivity contribution is 9.10. The highest BCUT2D eigenvalue weighted by Crippen LogP contribution is 2.20. The molecule has 0 amide bonds. The van der Waals surface area contributed by atoms with Crippen LogP contribution >= 0.6 is 27.3 Å². The molecule has 10 heteroatoms. The van der Waals surface area contributed by atoms with Crippen LogP contribution in [0.4, 0.5) is 18.9 Å². The second-order valence-corrected chi connectivity index (χ2v) is 5.30. The van der Waals surface area contributed by atoms with E-state index in [2.05, 4.69) is 31.3 Å². The minimum atomic E-state index is -4.49. The van der Waals surface area contributed by atoms with Crippen LogP contribution < -0.4 is 10.9 Å². The molecule has 0 aliphatic carbocycles. The lowest BCUT2D eigenvalue weighted by molar-refractivity contribution is -0.143. The molecule has 108 valence electrons. The molecule has 5 nitrogen and oxygen atoms in total. The van der Waals surface area contributed by atoms with E-state index in [4.69, 9.17) is 0 Å². The highest BCUT2D eigenvalue weighted by atomic mass is 79.9. The van der Waals surface area contributed by atoms with E-state index in [1.807, 2.05) is 5.38 Å². The minimum absolute atomic E-state index is 0.00646. The van der Waals surface area contributed by atoms with Crippen LogP contribution in [-0.4, -0.2) is 20.9 Å². The van der Waals surface area contributed by atoms with Gasteiger partial charge in [0, 0.05) is 5.38 Å². The Bertz CT molecular complexity index is 641. The van der Waals surface area contributed by atoms with Crippen molar-refractivity contribution in [1.29, 1.82) is 0 Å². The SMILES string of the molecule is O=c1c(Br)c(NCc2cscn2)cnn1CC(F)(F)F. The fourth-order valence-electron chi connectivity index (χ4n) is 1.38. The van der Waals surface area contributed by atoms with Gasteiger partial charge in [0.1, 0.15) is 11.0 Å². The van der Waals surface area contributed by atoms with Gasteiger partial charge in [-0.15, -0.1) is 11.3 Å². The second kappa shape index (κ2) is 5.92. The topological polar surface area (TPSA) is 59.8 Å². The first-order valence-corrected chi connectivity index (χ1v) is 7.04. The molecule has 0 aromatic carbocycles. The van der Waals surface area contributed by atoms with Crippen LogP contribution in [0.25, 0.3) is 0 Å². The van der Waals surface area contributed by atoms with Gasteiger partial charge in [-0.05, 0) is 15.9 Å². The first-order chi connectivity index (χ1) is 9.37. The van der Waals surface area contributed by atoms with E-state index in [1.165, 1.54) is 17.5 Å². The Morgan fingerprint density at radius 2 is 2.20 bits per heavy atom. The molecular weight excluding hydrogens is 361 g/mol.